The second-order valence-electron chi connectivity index (χ2n) is 3.49. The molecule has 16 heavy (non-hydrogen) atoms. The number of hydrogen-bond donors (Lipinski definition) is 0. The van der Waals surface area contributed by atoms with Crippen molar-refractivity contribution in [2.24, 2.45) is 0 Å². The summed E-state index contributed by atoms with van der Waals surface area (Å²) in [7, 11) is -1.30. The van der Waals surface area contributed by atoms with Crippen LogP contribution in [0.1, 0.15) is 10.4 Å². The molecule has 0 aliphatic heterocycles. The van der Waals surface area contributed by atoms with Crippen LogP contribution in [0.15, 0.2) is 12.4 Å². The molecule has 0 aromatic carbocycles. The second-order valence-corrected chi connectivity index (χ2v) is 5.75. The van der Waals surface area contributed by atoms with Gasteiger partial charge in [-0.25, -0.2) is 18.4 Å². The van der Waals surface area contributed by atoms with E-state index in [4.69, 9.17) is 0 Å². The van der Waals surface area contributed by atoms with Gasteiger partial charge in [-0.3, -0.25) is 4.79 Å². The lowest BCUT2D eigenvalue weighted by Gasteiger charge is -2.15. The zero-order chi connectivity index (χ0) is 12.2. The van der Waals surface area contributed by atoms with E-state index in [0.29, 0.717) is 24.3 Å². The summed E-state index contributed by atoms with van der Waals surface area (Å²) in [5, 5.41) is 0. The highest BCUT2D eigenvalue weighted by Gasteiger charge is 2.08. The van der Waals surface area contributed by atoms with Gasteiger partial charge in [-0.15, -0.1) is 0 Å². The zero-order valence-electron chi connectivity index (χ0n) is 9.12. The first kappa shape index (κ1) is 12.6. The summed E-state index contributed by atoms with van der Waals surface area (Å²) in [6.45, 7) is 0.319. The predicted octanol–water partition coefficient (Wildman–Crippen LogP) is -0.230. The largest absolute Gasteiger partial charge is 0.343 e. The number of hydrogen-bond acceptors (Lipinski definition) is 6. The summed E-state index contributed by atoms with van der Waals surface area (Å²) < 4.78 is 21.9. The minimum Gasteiger partial charge on any atom is -0.343 e. The van der Waals surface area contributed by atoms with Crippen molar-refractivity contribution in [1.29, 1.82) is 0 Å². The molecule has 0 aliphatic carbocycles. The van der Waals surface area contributed by atoms with Gasteiger partial charge in [0.15, 0.2) is 6.29 Å². The summed E-state index contributed by atoms with van der Waals surface area (Å²) in [6.07, 6.45) is 4.62. The fourth-order valence-electron chi connectivity index (χ4n) is 0.992. The van der Waals surface area contributed by atoms with Crippen molar-refractivity contribution >= 4 is 22.1 Å². The fourth-order valence-corrected chi connectivity index (χ4v) is 1.60. The van der Waals surface area contributed by atoms with Gasteiger partial charge in [0.25, 0.3) is 0 Å². The molecule has 0 saturated heterocycles. The molecule has 1 aromatic heterocycles. The van der Waals surface area contributed by atoms with E-state index in [1.54, 1.807) is 11.9 Å². The Balaban J connectivity index is 2.66. The van der Waals surface area contributed by atoms with Gasteiger partial charge in [0, 0.05) is 32.2 Å². The van der Waals surface area contributed by atoms with Crippen LogP contribution >= 0.6 is 0 Å². The Bertz CT molecular complexity index is 455. The van der Waals surface area contributed by atoms with Crippen molar-refractivity contribution in [2.45, 2.75) is 0 Å². The normalized spacial score (nSPS) is 11.1. The van der Waals surface area contributed by atoms with Gasteiger partial charge >= 0.3 is 0 Å². The van der Waals surface area contributed by atoms with Crippen LogP contribution in [0.4, 0.5) is 5.95 Å². The maximum absolute atomic E-state index is 11.0. The van der Waals surface area contributed by atoms with Crippen LogP contribution < -0.4 is 4.90 Å². The molecule has 0 saturated carbocycles. The highest BCUT2D eigenvalue weighted by atomic mass is 32.2. The third-order valence-electron chi connectivity index (χ3n) is 1.93. The van der Waals surface area contributed by atoms with Crippen molar-refractivity contribution in [3.8, 4) is 0 Å². The van der Waals surface area contributed by atoms with E-state index in [0.717, 1.165) is 0 Å². The van der Waals surface area contributed by atoms with Gasteiger partial charge in [0.05, 0.1) is 11.3 Å². The smallest absolute Gasteiger partial charge is 0.225 e. The first-order chi connectivity index (χ1) is 7.42. The summed E-state index contributed by atoms with van der Waals surface area (Å²) in [5.74, 6) is 0.441. The molecule has 0 atom stereocenters. The lowest BCUT2D eigenvalue weighted by molar-refractivity contribution is 0.112. The minimum atomic E-state index is -2.99. The number of carbonyl (C=O) groups is 1. The SMILES string of the molecule is CN(CCS(C)(=O)=O)c1ncc(C=O)cn1. The Morgan fingerprint density at radius 1 is 1.38 bits per heavy atom. The predicted molar refractivity (Wildman–Crippen MR) is 60.4 cm³/mol. The zero-order valence-corrected chi connectivity index (χ0v) is 9.94. The monoisotopic (exact) mass is 243 g/mol. The first-order valence-corrected chi connectivity index (χ1v) is 6.64. The van der Waals surface area contributed by atoms with E-state index in [9.17, 15) is 13.2 Å². The van der Waals surface area contributed by atoms with Crippen molar-refractivity contribution in [3.05, 3.63) is 18.0 Å². The molecule has 7 heteroatoms. The van der Waals surface area contributed by atoms with E-state index in [2.05, 4.69) is 9.97 Å². The molecule has 88 valence electrons. The average Bonchev–Trinajstić information content (AvgIpc) is 2.25. The summed E-state index contributed by atoms with van der Waals surface area (Å²) >= 11 is 0. The molecule has 0 unspecified atom stereocenters. The Labute approximate surface area is 94.2 Å². The topological polar surface area (TPSA) is 80.2 Å². The lowest BCUT2D eigenvalue weighted by Crippen LogP contribution is -2.26. The number of anilines is 1. The average molecular weight is 243 g/mol. The summed E-state index contributed by atoms with van der Waals surface area (Å²) in [6, 6.07) is 0. The van der Waals surface area contributed by atoms with Crippen LogP contribution in [0, 0.1) is 0 Å². The quantitative estimate of drug-likeness (QED) is 0.664. The molecule has 0 N–H and O–H groups in total. The van der Waals surface area contributed by atoms with E-state index >= 15 is 0 Å². The number of sulfone groups is 1. The molecule has 1 heterocycles. The van der Waals surface area contributed by atoms with Crippen molar-refractivity contribution in [3.63, 3.8) is 0 Å². The fraction of sp³-hybridized carbons (Fsp3) is 0.444. The number of rotatable bonds is 5. The van der Waals surface area contributed by atoms with Gasteiger partial charge < -0.3 is 4.90 Å². The number of aldehydes is 1. The lowest BCUT2D eigenvalue weighted by atomic mass is 10.4. The van der Waals surface area contributed by atoms with Crippen molar-refractivity contribution < 1.29 is 13.2 Å². The van der Waals surface area contributed by atoms with Gasteiger partial charge in [-0.2, -0.15) is 0 Å². The van der Waals surface area contributed by atoms with Crippen molar-refractivity contribution in [2.75, 3.05) is 30.5 Å². The first-order valence-electron chi connectivity index (χ1n) is 4.58. The molecule has 0 bridgehead atoms. The van der Waals surface area contributed by atoms with Crippen LogP contribution in [0.3, 0.4) is 0 Å². The Hall–Kier alpha value is -1.50. The maximum atomic E-state index is 11.0. The van der Waals surface area contributed by atoms with Gasteiger partial charge in [0.1, 0.15) is 9.84 Å². The Morgan fingerprint density at radius 2 is 1.94 bits per heavy atom. The highest BCUT2D eigenvalue weighted by Crippen LogP contribution is 2.03. The third-order valence-corrected chi connectivity index (χ3v) is 2.86. The van der Waals surface area contributed by atoms with E-state index < -0.39 is 9.84 Å². The van der Waals surface area contributed by atoms with Gasteiger partial charge in [-0.1, -0.05) is 0 Å². The standard InChI is InChI=1S/C9H13N3O3S/c1-12(3-4-16(2,14)15)9-10-5-8(7-13)6-11-9/h5-7H,3-4H2,1-2H3. The van der Waals surface area contributed by atoms with Crippen LogP contribution in [-0.2, 0) is 9.84 Å². The molecule has 1 aromatic rings. The number of carbonyl (C=O) groups excluding carboxylic acids is 1. The minimum absolute atomic E-state index is 0.0439. The summed E-state index contributed by atoms with van der Waals surface area (Å²) in [4.78, 5) is 19.9. The van der Waals surface area contributed by atoms with Crippen LogP contribution in [0.25, 0.3) is 0 Å². The van der Waals surface area contributed by atoms with Crippen LogP contribution in [0.5, 0.6) is 0 Å². The second kappa shape index (κ2) is 5.02. The molecular weight excluding hydrogens is 230 g/mol. The molecule has 0 amide bonds. The molecule has 0 radical (unpaired) electrons. The van der Waals surface area contributed by atoms with Gasteiger partial charge in [0.2, 0.25) is 5.95 Å². The molecule has 1 rings (SSSR count). The number of nitrogens with zero attached hydrogens (tertiary/aromatic N) is 3. The van der Waals surface area contributed by atoms with Crippen molar-refractivity contribution in [1.82, 2.24) is 9.97 Å². The molecular formula is C9H13N3O3S. The summed E-state index contributed by atoms with van der Waals surface area (Å²) in [5.41, 5.74) is 0.389. The van der Waals surface area contributed by atoms with E-state index in [1.807, 2.05) is 0 Å². The highest BCUT2D eigenvalue weighted by molar-refractivity contribution is 7.90. The van der Waals surface area contributed by atoms with Crippen LogP contribution in [0.2, 0.25) is 0 Å². The third kappa shape index (κ3) is 3.93. The Kier molecular flexibility index (Phi) is 3.94. The van der Waals surface area contributed by atoms with E-state index in [-0.39, 0.29) is 5.75 Å². The van der Waals surface area contributed by atoms with Gasteiger partial charge in [-0.05, 0) is 0 Å². The number of aromatic nitrogens is 2. The molecule has 6 nitrogen and oxygen atoms in total. The maximum Gasteiger partial charge on any atom is 0.225 e. The van der Waals surface area contributed by atoms with E-state index in [1.165, 1.54) is 18.6 Å². The molecule has 0 fully saturated rings. The van der Waals surface area contributed by atoms with Crippen LogP contribution in [-0.4, -0.2) is 50.3 Å². The Morgan fingerprint density at radius 3 is 2.38 bits per heavy atom. The molecule has 0 spiro atoms. The molecule has 0 aliphatic rings.